The summed E-state index contributed by atoms with van der Waals surface area (Å²) in [7, 11) is 2.07. The second kappa shape index (κ2) is 8.10. The minimum absolute atomic E-state index is 0.448. The van der Waals surface area contributed by atoms with Crippen LogP contribution in [-0.4, -0.2) is 25.8 Å². The monoisotopic (exact) mass is 241 g/mol. The lowest BCUT2D eigenvalue weighted by Crippen LogP contribution is -2.44. The Morgan fingerprint density at radius 3 is 2.65 bits per heavy atom. The molecule has 0 aromatic rings. The van der Waals surface area contributed by atoms with Crippen molar-refractivity contribution in [2.75, 3.05) is 13.7 Å². The van der Waals surface area contributed by atoms with Crippen molar-refractivity contribution in [3.63, 3.8) is 0 Å². The van der Waals surface area contributed by atoms with Gasteiger partial charge in [0.05, 0.1) is 6.10 Å². The highest BCUT2D eigenvalue weighted by atomic mass is 16.5. The predicted octanol–water partition coefficient (Wildman–Crippen LogP) is 3.61. The molecule has 0 amide bonds. The summed E-state index contributed by atoms with van der Waals surface area (Å²) in [5.41, 5.74) is 0. The third-order valence-corrected chi connectivity index (χ3v) is 4.00. The number of likely N-dealkylation sites (N-methyl/N-ethyl adjacent to an activating group) is 1. The molecule has 3 atom stereocenters. The van der Waals surface area contributed by atoms with Crippen LogP contribution in [0.25, 0.3) is 0 Å². The number of hydrogen-bond donors (Lipinski definition) is 1. The predicted molar refractivity (Wildman–Crippen MR) is 74.3 cm³/mol. The molecule has 0 aliphatic heterocycles. The lowest BCUT2D eigenvalue weighted by atomic mass is 9.81. The van der Waals surface area contributed by atoms with E-state index in [1.807, 2.05) is 0 Å². The smallest absolute Gasteiger partial charge is 0.0730 e. The zero-order valence-electron chi connectivity index (χ0n) is 12.2. The molecule has 1 N–H and O–H groups in total. The Bertz CT molecular complexity index is 193. The first kappa shape index (κ1) is 15.0. The van der Waals surface area contributed by atoms with Crippen molar-refractivity contribution in [2.45, 2.75) is 71.4 Å². The molecule has 102 valence electrons. The van der Waals surface area contributed by atoms with Crippen molar-refractivity contribution < 1.29 is 4.74 Å². The molecule has 0 bridgehead atoms. The highest BCUT2D eigenvalue weighted by Crippen LogP contribution is 2.30. The Labute approximate surface area is 108 Å². The maximum absolute atomic E-state index is 6.11. The van der Waals surface area contributed by atoms with Gasteiger partial charge in [-0.05, 0) is 44.6 Å². The van der Waals surface area contributed by atoms with Gasteiger partial charge in [-0.3, -0.25) is 0 Å². The summed E-state index contributed by atoms with van der Waals surface area (Å²) in [4.78, 5) is 0. The molecular weight excluding hydrogens is 210 g/mol. The Morgan fingerprint density at radius 1 is 1.29 bits per heavy atom. The Morgan fingerprint density at radius 2 is 2.06 bits per heavy atom. The maximum Gasteiger partial charge on any atom is 0.0730 e. The Balaban J connectivity index is 2.34. The van der Waals surface area contributed by atoms with Crippen LogP contribution in [0.2, 0.25) is 0 Å². The summed E-state index contributed by atoms with van der Waals surface area (Å²) < 4.78 is 6.11. The van der Waals surface area contributed by atoms with Gasteiger partial charge in [-0.1, -0.05) is 33.6 Å². The zero-order chi connectivity index (χ0) is 12.7. The van der Waals surface area contributed by atoms with Crippen LogP contribution in [0.15, 0.2) is 0 Å². The van der Waals surface area contributed by atoms with Crippen LogP contribution in [0.4, 0.5) is 0 Å². The average molecular weight is 241 g/mol. The fourth-order valence-electron chi connectivity index (χ4n) is 2.85. The minimum atomic E-state index is 0.448. The number of nitrogens with one attached hydrogen (secondary N) is 1. The number of rotatable bonds is 7. The molecule has 2 nitrogen and oxygen atoms in total. The van der Waals surface area contributed by atoms with Gasteiger partial charge in [-0.2, -0.15) is 0 Å². The van der Waals surface area contributed by atoms with Crippen molar-refractivity contribution in [3.8, 4) is 0 Å². The lowest BCUT2D eigenvalue weighted by molar-refractivity contribution is -0.0133. The summed E-state index contributed by atoms with van der Waals surface area (Å²) >= 11 is 0. The van der Waals surface area contributed by atoms with E-state index in [1.54, 1.807) is 0 Å². The van der Waals surface area contributed by atoms with Crippen LogP contribution < -0.4 is 5.32 Å². The summed E-state index contributed by atoms with van der Waals surface area (Å²) in [5.74, 6) is 1.65. The molecule has 3 unspecified atom stereocenters. The van der Waals surface area contributed by atoms with E-state index in [4.69, 9.17) is 4.74 Å². The van der Waals surface area contributed by atoms with E-state index in [1.165, 1.54) is 38.5 Å². The van der Waals surface area contributed by atoms with Gasteiger partial charge in [-0.15, -0.1) is 0 Å². The van der Waals surface area contributed by atoms with E-state index in [0.717, 1.165) is 18.4 Å². The fourth-order valence-corrected chi connectivity index (χ4v) is 2.85. The second-order valence-corrected chi connectivity index (χ2v) is 5.95. The third-order valence-electron chi connectivity index (χ3n) is 4.00. The average Bonchev–Trinajstić information content (AvgIpc) is 2.29. The summed E-state index contributed by atoms with van der Waals surface area (Å²) in [5, 5.41) is 3.43. The maximum atomic E-state index is 6.11. The van der Waals surface area contributed by atoms with Crippen LogP contribution >= 0.6 is 0 Å². The normalized spacial score (nSPS) is 29.8. The molecule has 0 aromatic carbocycles. The molecule has 0 saturated heterocycles. The largest absolute Gasteiger partial charge is 0.377 e. The molecular formula is C15H31NO. The van der Waals surface area contributed by atoms with Crippen molar-refractivity contribution in [1.29, 1.82) is 0 Å². The third kappa shape index (κ3) is 5.39. The SMILES string of the molecule is CCCC1CCC(NC)C(OCCC(C)C)C1. The van der Waals surface area contributed by atoms with E-state index in [-0.39, 0.29) is 0 Å². The molecule has 1 fully saturated rings. The van der Waals surface area contributed by atoms with Crippen LogP contribution in [0.1, 0.15) is 59.3 Å². The topological polar surface area (TPSA) is 21.3 Å². The first-order chi connectivity index (χ1) is 8.17. The van der Waals surface area contributed by atoms with E-state index >= 15 is 0 Å². The molecule has 0 spiro atoms. The number of hydrogen-bond acceptors (Lipinski definition) is 2. The Hall–Kier alpha value is -0.0800. The van der Waals surface area contributed by atoms with Gasteiger partial charge in [0, 0.05) is 12.6 Å². The highest BCUT2D eigenvalue weighted by Gasteiger charge is 2.29. The first-order valence-electron chi connectivity index (χ1n) is 7.46. The van der Waals surface area contributed by atoms with Crippen molar-refractivity contribution in [1.82, 2.24) is 5.32 Å². The van der Waals surface area contributed by atoms with Crippen LogP contribution in [-0.2, 0) is 4.74 Å². The molecule has 17 heavy (non-hydrogen) atoms. The van der Waals surface area contributed by atoms with E-state index in [0.29, 0.717) is 12.1 Å². The molecule has 0 aromatic heterocycles. The summed E-state index contributed by atoms with van der Waals surface area (Å²) in [6, 6.07) is 0.579. The van der Waals surface area contributed by atoms with Crippen LogP contribution in [0.3, 0.4) is 0 Å². The minimum Gasteiger partial charge on any atom is -0.377 e. The summed E-state index contributed by atoms with van der Waals surface area (Å²) in [6.45, 7) is 7.75. The van der Waals surface area contributed by atoms with Crippen molar-refractivity contribution in [3.05, 3.63) is 0 Å². The first-order valence-corrected chi connectivity index (χ1v) is 7.46. The second-order valence-electron chi connectivity index (χ2n) is 5.95. The van der Waals surface area contributed by atoms with Crippen LogP contribution in [0, 0.1) is 11.8 Å². The van der Waals surface area contributed by atoms with Gasteiger partial charge in [0.1, 0.15) is 0 Å². The number of ether oxygens (including phenoxy) is 1. The van der Waals surface area contributed by atoms with Crippen LogP contribution in [0.5, 0.6) is 0 Å². The van der Waals surface area contributed by atoms with Gasteiger partial charge in [0.15, 0.2) is 0 Å². The fraction of sp³-hybridized carbons (Fsp3) is 1.00. The highest BCUT2D eigenvalue weighted by molar-refractivity contribution is 4.84. The molecule has 2 heteroatoms. The standard InChI is InChI=1S/C15H31NO/c1-5-6-13-7-8-14(16-4)15(11-13)17-10-9-12(2)3/h12-16H,5-11H2,1-4H3. The van der Waals surface area contributed by atoms with Gasteiger partial charge >= 0.3 is 0 Å². The molecule has 1 aliphatic rings. The molecule has 0 radical (unpaired) electrons. The van der Waals surface area contributed by atoms with E-state index < -0.39 is 0 Å². The molecule has 1 aliphatic carbocycles. The van der Waals surface area contributed by atoms with Crippen molar-refractivity contribution >= 4 is 0 Å². The van der Waals surface area contributed by atoms with Gasteiger partial charge < -0.3 is 10.1 Å². The zero-order valence-corrected chi connectivity index (χ0v) is 12.2. The van der Waals surface area contributed by atoms with E-state index in [9.17, 15) is 0 Å². The molecule has 1 rings (SSSR count). The van der Waals surface area contributed by atoms with Gasteiger partial charge in [0.2, 0.25) is 0 Å². The lowest BCUT2D eigenvalue weighted by Gasteiger charge is -2.36. The Kier molecular flexibility index (Phi) is 7.14. The quantitative estimate of drug-likeness (QED) is 0.735. The van der Waals surface area contributed by atoms with E-state index in [2.05, 4.69) is 33.1 Å². The van der Waals surface area contributed by atoms with Gasteiger partial charge in [0.25, 0.3) is 0 Å². The van der Waals surface area contributed by atoms with Crippen molar-refractivity contribution in [2.24, 2.45) is 11.8 Å². The molecule has 0 heterocycles. The molecule has 1 saturated carbocycles. The van der Waals surface area contributed by atoms with Gasteiger partial charge in [-0.25, -0.2) is 0 Å². The summed E-state index contributed by atoms with van der Waals surface area (Å²) in [6.07, 6.45) is 8.25.